The van der Waals surface area contributed by atoms with Gasteiger partial charge >= 0.3 is 5.92 Å². The van der Waals surface area contributed by atoms with E-state index in [1.165, 1.54) is 0 Å². The minimum absolute atomic E-state index is 0.110. The molecule has 3 nitrogen and oxygen atoms in total. The Kier molecular flexibility index (Phi) is 3.87. The summed E-state index contributed by atoms with van der Waals surface area (Å²) in [5.74, 6) is -3.67. The fourth-order valence-corrected chi connectivity index (χ4v) is 2.07. The van der Waals surface area contributed by atoms with E-state index in [1.807, 2.05) is 0 Å². The lowest BCUT2D eigenvalue weighted by atomic mass is 10.1. The highest BCUT2D eigenvalue weighted by Crippen LogP contribution is 2.28. The molecule has 0 amide bonds. The molecule has 0 aliphatic carbocycles. The highest BCUT2D eigenvalue weighted by atomic mass is 19.3. The molecule has 0 aromatic carbocycles. The first-order valence-corrected chi connectivity index (χ1v) is 5.95. The number of likely N-dealkylation sites (tertiary alicyclic amines) is 1. The van der Waals surface area contributed by atoms with E-state index in [9.17, 15) is 13.2 Å². The summed E-state index contributed by atoms with van der Waals surface area (Å²) in [5, 5.41) is 0. The molecule has 1 fully saturated rings. The van der Waals surface area contributed by atoms with E-state index in [0.717, 1.165) is 31.2 Å². The first kappa shape index (κ1) is 13.3. The van der Waals surface area contributed by atoms with E-state index in [4.69, 9.17) is 5.73 Å². The number of aromatic nitrogens is 1. The van der Waals surface area contributed by atoms with Crippen molar-refractivity contribution in [2.45, 2.75) is 24.8 Å². The number of pyridine rings is 1. The van der Waals surface area contributed by atoms with Crippen LogP contribution in [0.2, 0.25) is 0 Å². The molecule has 0 spiro atoms. The van der Waals surface area contributed by atoms with Crippen LogP contribution in [0.5, 0.6) is 0 Å². The maximum Gasteiger partial charge on any atom is 0.302 e. The summed E-state index contributed by atoms with van der Waals surface area (Å²) in [6, 6.07) is 2.15. The van der Waals surface area contributed by atoms with Crippen LogP contribution < -0.4 is 5.73 Å². The quantitative estimate of drug-likeness (QED) is 0.899. The molecule has 0 radical (unpaired) electrons. The fraction of sp³-hybridized carbons (Fsp3) is 0.583. The lowest BCUT2D eigenvalue weighted by Gasteiger charge is -2.32. The van der Waals surface area contributed by atoms with E-state index in [2.05, 4.69) is 4.98 Å². The molecule has 1 aromatic rings. The Morgan fingerprint density at radius 3 is 2.56 bits per heavy atom. The van der Waals surface area contributed by atoms with Crippen molar-refractivity contribution >= 4 is 0 Å². The van der Waals surface area contributed by atoms with Gasteiger partial charge in [-0.25, -0.2) is 4.39 Å². The van der Waals surface area contributed by atoms with Gasteiger partial charge in [0.2, 0.25) is 0 Å². The van der Waals surface area contributed by atoms with E-state index in [-0.39, 0.29) is 6.04 Å². The number of piperidine rings is 1. The van der Waals surface area contributed by atoms with Gasteiger partial charge in [0, 0.05) is 6.04 Å². The number of nitrogens with two attached hydrogens (primary N) is 1. The predicted octanol–water partition coefficient (Wildman–Crippen LogP) is 1.74. The molecule has 2 N–H and O–H groups in total. The first-order chi connectivity index (χ1) is 8.47. The van der Waals surface area contributed by atoms with E-state index in [1.54, 1.807) is 4.90 Å². The van der Waals surface area contributed by atoms with Gasteiger partial charge in [0.25, 0.3) is 0 Å². The second-order valence-electron chi connectivity index (χ2n) is 4.68. The molecule has 18 heavy (non-hydrogen) atoms. The van der Waals surface area contributed by atoms with Crippen LogP contribution in [0.4, 0.5) is 13.2 Å². The van der Waals surface area contributed by atoms with Gasteiger partial charge in [-0.05, 0) is 38.1 Å². The average Bonchev–Trinajstić information content (AvgIpc) is 2.32. The molecule has 0 atom stereocenters. The SMILES string of the molecule is NC1CCN(CC(F)(F)c2ccc(F)cn2)CC1. The minimum atomic E-state index is -3.06. The summed E-state index contributed by atoms with van der Waals surface area (Å²) >= 11 is 0. The number of halogens is 3. The Morgan fingerprint density at radius 1 is 1.33 bits per heavy atom. The van der Waals surface area contributed by atoms with Gasteiger partial charge in [-0.2, -0.15) is 8.78 Å². The van der Waals surface area contributed by atoms with E-state index < -0.39 is 24.0 Å². The zero-order valence-corrected chi connectivity index (χ0v) is 9.95. The Balaban J connectivity index is 2.00. The normalized spacial score (nSPS) is 19.1. The lowest BCUT2D eigenvalue weighted by Crippen LogP contribution is -2.44. The van der Waals surface area contributed by atoms with Crippen LogP contribution in [-0.2, 0) is 5.92 Å². The van der Waals surface area contributed by atoms with Crippen molar-refractivity contribution in [3.63, 3.8) is 0 Å². The third-order valence-electron chi connectivity index (χ3n) is 3.16. The van der Waals surface area contributed by atoms with Crippen molar-refractivity contribution in [3.05, 3.63) is 29.8 Å². The van der Waals surface area contributed by atoms with Gasteiger partial charge in [0.05, 0.1) is 12.7 Å². The largest absolute Gasteiger partial charge is 0.328 e. The third-order valence-corrected chi connectivity index (χ3v) is 3.16. The maximum absolute atomic E-state index is 13.9. The molecule has 0 unspecified atom stereocenters. The van der Waals surface area contributed by atoms with Crippen LogP contribution in [0.25, 0.3) is 0 Å². The number of nitrogens with zero attached hydrogens (tertiary/aromatic N) is 2. The van der Waals surface area contributed by atoms with Crippen molar-refractivity contribution in [2.24, 2.45) is 5.73 Å². The summed E-state index contributed by atoms with van der Waals surface area (Å²) < 4.78 is 40.5. The van der Waals surface area contributed by atoms with Gasteiger partial charge in [-0.1, -0.05) is 0 Å². The summed E-state index contributed by atoms with van der Waals surface area (Å²) in [6.45, 7) is 0.744. The molecular weight excluding hydrogens is 243 g/mol. The molecule has 2 rings (SSSR count). The van der Waals surface area contributed by atoms with E-state index in [0.29, 0.717) is 13.1 Å². The van der Waals surface area contributed by atoms with E-state index >= 15 is 0 Å². The van der Waals surface area contributed by atoms with Crippen LogP contribution in [-0.4, -0.2) is 35.6 Å². The maximum atomic E-state index is 13.9. The monoisotopic (exact) mass is 259 g/mol. The Morgan fingerprint density at radius 2 is 2.00 bits per heavy atom. The van der Waals surface area contributed by atoms with Crippen LogP contribution >= 0.6 is 0 Å². The second kappa shape index (κ2) is 5.24. The van der Waals surface area contributed by atoms with Gasteiger partial charge in [0.15, 0.2) is 0 Å². The van der Waals surface area contributed by atoms with Crippen LogP contribution in [0.3, 0.4) is 0 Å². The third kappa shape index (κ3) is 3.20. The summed E-state index contributed by atoms with van der Waals surface area (Å²) in [4.78, 5) is 5.13. The smallest absolute Gasteiger partial charge is 0.302 e. The molecule has 1 aliphatic rings. The molecule has 1 aliphatic heterocycles. The zero-order valence-electron chi connectivity index (χ0n) is 9.95. The lowest BCUT2D eigenvalue weighted by molar-refractivity contribution is -0.0461. The van der Waals surface area contributed by atoms with Crippen molar-refractivity contribution in [1.82, 2.24) is 9.88 Å². The summed E-state index contributed by atoms with van der Waals surface area (Å²) in [5.41, 5.74) is 5.33. The number of alkyl halides is 2. The van der Waals surface area contributed by atoms with Gasteiger partial charge < -0.3 is 5.73 Å². The Hall–Kier alpha value is -1.14. The molecule has 2 heterocycles. The topological polar surface area (TPSA) is 42.1 Å². The number of rotatable bonds is 3. The molecule has 100 valence electrons. The molecule has 0 bridgehead atoms. The first-order valence-electron chi connectivity index (χ1n) is 5.95. The van der Waals surface area contributed by atoms with Crippen molar-refractivity contribution in [2.75, 3.05) is 19.6 Å². The van der Waals surface area contributed by atoms with Crippen LogP contribution in [0, 0.1) is 5.82 Å². The Labute approximate surface area is 104 Å². The van der Waals surface area contributed by atoms with Crippen LogP contribution in [0.15, 0.2) is 18.3 Å². The molecule has 1 saturated heterocycles. The second-order valence-corrected chi connectivity index (χ2v) is 4.68. The molecule has 6 heteroatoms. The molecule has 0 saturated carbocycles. The zero-order chi connectivity index (χ0) is 13.2. The van der Waals surface area contributed by atoms with Gasteiger partial charge in [-0.15, -0.1) is 0 Å². The predicted molar refractivity (Wildman–Crippen MR) is 61.7 cm³/mol. The van der Waals surface area contributed by atoms with Crippen molar-refractivity contribution < 1.29 is 13.2 Å². The summed E-state index contributed by atoms with van der Waals surface area (Å²) in [6.07, 6.45) is 2.27. The summed E-state index contributed by atoms with van der Waals surface area (Å²) in [7, 11) is 0. The minimum Gasteiger partial charge on any atom is -0.328 e. The van der Waals surface area contributed by atoms with Crippen LogP contribution in [0.1, 0.15) is 18.5 Å². The number of hydrogen-bond donors (Lipinski definition) is 1. The van der Waals surface area contributed by atoms with Gasteiger partial charge in [0.1, 0.15) is 11.5 Å². The standard InChI is InChI=1S/C12H16F3N3/c13-9-1-2-11(17-7-9)12(14,15)8-18-5-3-10(16)4-6-18/h1-2,7,10H,3-6,8,16H2. The Bertz CT molecular complexity index is 386. The average molecular weight is 259 g/mol. The fourth-order valence-electron chi connectivity index (χ4n) is 2.07. The van der Waals surface area contributed by atoms with Crippen molar-refractivity contribution in [1.29, 1.82) is 0 Å². The highest BCUT2D eigenvalue weighted by molar-refractivity contribution is 5.11. The van der Waals surface area contributed by atoms with Gasteiger partial charge in [-0.3, -0.25) is 9.88 Å². The number of hydrogen-bond acceptors (Lipinski definition) is 3. The highest BCUT2D eigenvalue weighted by Gasteiger charge is 2.36. The molecular formula is C12H16F3N3. The molecule has 1 aromatic heterocycles. The van der Waals surface area contributed by atoms with Crippen molar-refractivity contribution in [3.8, 4) is 0 Å².